The summed E-state index contributed by atoms with van der Waals surface area (Å²) >= 11 is 5.86. The molecule has 1 saturated heterocycles. The second-order valence-electron chi connectivity index (χ2n) is 5.46. The summed E-state index contributed by atoms with van der Waals surface area (Å²) in [6.45, 7) is 1.75. The summed E-state index contributed by atoms with van der Waals surface area (Å²) in [7, 11) is 0. The Balaban J connectivity index is 1.57. The monoisotopic (exact) mass is 319 g/mol. The average Bonchev–Trinajstić information content (AvgIpc) is 3.03. The van der Waals surface area contributed by atoms with Crippen molar-refractivity contribution in [3.05, 3.63) is 35.2 Å². The van der Waals surface area contributed by atoms with Gasteiger partial charge >= 0.3 is 0 Å². The summed E-state index contributed by atoms with van der Waals surface area (Å²) in [6, 6.07) is 7.26. The van der Waals surface area contributed by atoms with Gasteiger partial charge in [-0.25, -0.2) is 0 Å². The fraction of sp³-hybridized carbons (Fsp3) is 0.438. The van der Waals surface area contributed by atoms with Crippen LogP contribution in [0.4, 0.5) is 0 Å². The van der Waals surface area contributed by atoms with Gasteiger partial charge in [-0.3, -0.25) is 4.79 Å². The molecule has 1 aliphatic heterocycles. The maximum Gasteiger partial charge on any atom is 0.227 e. The molecule has 2 aromatic rings. The Labute approximate surface area is 134 Å². The van der Waals surface area contributed by atoms with Crippen LogP contribution in [0, 0.1) is 0 Å². The summed E-state index contributed by atoms with van der Waals surface area (Å²) in [5, 5.41) is 4.62. The number of hydrogen-bond donors (Lipinski definition) is 0. The van der Waals surface area contributed by atoms with Crippen LogP contribution in [0.15, 0.2) is 28.8 Å². The van der Waals surface area contributed by atoms with Crippen LogP contribution in [0.3, 0.4) is 0 Å². The number of aromatic nitrogens is 2. The second kappa shape index (κ2) is 6.92. The van der Waals surface area contributed by atoms with Crippen LogP contribution in [0.5, 0.6) is 0 Å². The molecule has 0 aliphatic carbocycles. The third kappa shape index (κ3) is 3.65. The van der Waals surface area contributed by atoms with Crippen LogP contribution >= 0.6 is 11.6 Å². The third-order valence-corrected chi connectivity index (χ3v) is 4.08. The van der Waals surface area contributed by atoms with E-state index in [0.717, 1.165) is 31.5 Å². The second-order valence-corrected chi connectivity index (χ2v) is 5.90. The maximum absolute atomic E-state index is 12.1. The molecule has 3 rings (SSSR count). The predicted molar refractivity (Wildman–Crippen MR) is 83.5 cm³/mol. The van der Waals surface area contributed by atoms with E-state index in [0.29, 0.717) is 29.6 Å². The minimum Gasteiger partial charge on any atom is -0.343 e. The molecule has 2 heterocycles. The first-order chi connectivity index (χ1) is 10.7. The molecule has 6 heteroatoms. The van der Waals surface area contributed by atoms with Gasteiger partial charge in [0.05, 0.1) is 0 Å². The lowest BCUT2D eigenvalue weighted by molar-refractivity contribution is -0.132. The molecule has 0 radical (unpaired) electrons. The molecule has 1 fully saturated rings. The van der Waals surface area contributed by atoms with Crippen molar-refractivity contribution in [2.75, 3.05) is 13.1 Å². The number of rotatable bonds is 4. The van der Waals surface area contributed by atoms with E-state index in [-0.39, 0.29) is 5.91 Å². The molecule has 1 amide bonds. The molecule has 1 aromatic heterocycles. The highest BCUT2D eigenvalue weighted by molar-refractivity contribution is 6.30. The summed E-state index contributed by atoms with van der Waals surface area (Å²) in [6.07, 6.45) is 4.33. The molecule has 0 bridgehead atoms. The first-order valence-electron chi connectivity index (χ1n) is 7.59. The van der Waals surface area contributed by atoms with Crippen molar-refractivity contribution < 1.29 is 9.32 Å². The van der Waals surface area contributed by atoms with Crippen LogP contribution in [0.25, 0.3) is 11.4 Å². The number of hydrogen-bond acceptors (Lipinski definition) is 4. The first kappa shape index (κ1) is 15.0. The maximum atomic E-state index is 12.1. The topological polar surface area (TPSA) is 59.2 Å². The van der Waals surface area contributed by atoms with Crippen molar-refractivity contribution in [2.45, 2.75) is 32.1 Å². The van der Waals surface area contributed by atoms with Crippen molar-refractivity contribution >= 4 is 17.5 Å². The molecule has 0 atom stereocenters. The molecular weight excluding hydrogens is 302 g/mol. The van der Waals surface area contributed by atoms with Crippen molar-refractivity contribution in [2.24, 2.45) is 0 Å². The Morgan fingerprint density at radius 3 is 2.64 bits per heavy atom. The van der Waals surface area contributed by atoms with Crippen LogP contribution < -0.4 is 0 Å². The summed E-state index contributed by atoms with van der Waals surface area (Å²) in [4.78, 5) is 18.4. The van der Waals surface area contributed by atoms with Crippen LogP contribution in [0.1, 0.15) is 31.6 Å². The highest BCUT2D eigenvalue weighted by Crippen LogP contribution is 2.19. The van der Waals surface area contributed by atoms with Gasteiger partial charge in [-0.15, -0.1) is 0 Å². The first-order valence-corrected chi connectivity index (χ1v) is 7.96. The quantitative estimate of drug-likeness (QED) is 0.867. The van der Waals surface area contributed by atoms with Crippen molar-refractivity contribution in [1.82, 2.24) is 15.0 Å². The lowest BCUT2D eigenvalue weighted by Crippen LogP contribution is -2.35. The van der Waals surface area contributed by atoms with Gasteiger partial charge in [0.1, 0.15) is 0 Å². The normalized spacial score (nSPS) is 15.0. The van der Waals surface area contributed by atoms with Gasteiger partial charge in [0.2, 0.25) is 17.6 Å². The number of aryl methyl sites for hydroxylation is 1. The van der Waals surface area contributed by atoms with E-state index in [9.17, 15) is 4.79 Å². The van der Waals surface area contributed by atoms with E-state index in [2.05, 4.69) is 10.1 Å². The molecule has 0 saturated carbocycles. The van der Waals surface area contributed by atoms with E-state index in [1.807, 2.05) is 17.0 Å². The van der Waals surface area contributed by atoms with E-state index >= 15 is 0 Å². The number of carbonyl (C=O) groups is 1. The molecule has 1 aromatic carbocycles. The largest absolute Gasteiger partial charge is 0.343 e. The third-order valence-electron chi connectivity index (χ3n) is 3.83. The lowest BCUT2D eigenvalue weighted by atomic mass is 10.1. The Morgan fingerprint density at radius 1 is 1.18 bits per heavy atom. The zero-order chi connectivity index (χ0) is 15.4. The fourth-order valence-corrected chi connectivity index (χ4v) is 2.71. The SMILES string of the molecule is O=C(CCc1nc(-c2ccc(Cl)cc2)no1)N1CCCCC1. The molecule has 0 N–H and O–H groups in total. The molecule has 5 nitrogen and oxygen atoms in total. The van der Waals surface area contributed by atoms with Crippen molar-refractivity contribution in [1.29, 1.82) is 0 Å². The Hall–Kier alpha value is -1.88. The van der Waals surface area contributed by atoms with E-state index < -0.39 is 0 Å². The Morgan fingerprint density at radius 2 is 1.91 bits per heavy atom. The van der Waals surface area contributed by atoms with Gasteiger partial charge in [0, 0.05) is 36.5 Å². The Bertz CT molecular complexity index is 633. The summed E-state index contributed by atoms with van der Waals surface area (Å²) in [5.74, 6) is 1.19. The van der Waals surface area contributed by atoms with Crippen molar-refractivity contribution in [3.8, 4) is 11.4 Å². The van der Waals surface area contributed by atoms with Gasteiger partial charge in [-0.05, 0) is 43.5 Å². The minimum atomic E-state index is 0.172. The molecule has 1 aliphatic rings. The highest BCUT2D eigenvalue weighted by Gasteiger charge is 2.17. The number of benzene rings is 1. The number of nitrogens with zero attached hydrogens (tertiary/aromatic N) is 3. The van der Waals surface area contributed by atoms with Gasteiger partial charge in [-0.1, -0.05) is 16.8 Å². The van der Waals surface area contributed by atoms with Crippen LogP contribution in [-0.2, 0) is 11.2 Å². The van der Waals surface area contributed by atoms with Crippen LogP contribution in [-0.4, -0.2) is 34.0 Å². The standard InChI is InChI=1S/C16H18ClN3O2/c17-13-6-4-12(5-7-13)16-18-14(22-19-16)8-9-15(21)20-10-2-1-3-11-20/h4-7H,1-3,8-11H2. The van der Waals surface area contributed by atoms with E-state index in [1.54, 1.807) is 12.1 Å². The molecule has 116 valence electrons. The average molecular weight is 320 g/mol. The number of halogens is 1. The lowest BCUT2D eigenvalue weighted by Gasteiger charge is -2.26. The van der Waals surface area contributed by atoms with Gasteiger partial charge in [0.15, 0.2) is 0 Å². The number of likely N-dealkylation sites (tertiary alicyclic amines) is 1. The van der Waals surface area contributed by atoms with Crippen molar-refractivity contribution in [3.63, 3.8) is 0 Å². The van der Waals surface area contributed by atoms with E-state index in [1.165, 1.54) is 6.42 Å². The molecule has 22 heavy (non-hydrogen) atoms. The molecular formula is C16H18ClN3O2. The zero-order valence-corrected chi connectivity index (χ0v) is 13.1. The molecule has 0 unspecified atom stereocenters. The van der Waals surface area contributed by atoms with Crippen LogP contribution in [0.2, 0.25) is 5.02 Å². The predicted octanol–water partition coefficient (Wildman–Crippen LogP) is 3.34. The summed E-state index contributed by atoms with van der Waals surface area (Å²) in [5.41, 5.74) is 0.849. The van der Waals surface area contributed by atoms with E-state index in [4.69, 9.17) is 16.1 Å². The zero-order valence-electron chi connectivity index (χ0n) is 12.3. The van der Waals surface area contributed by atoms with Gasteiger partial charge in [0.25, 0.3) is 0 Å². The van der Waals surface area contributed by atoms with Gasteiger partial charge in [-0.2, -0.15) is 4.98 Å². The number of amides is 1. The summed E-state index contributed by atoms with van der Waals surface area (Å²) < 4.78 is 5.22. The minimum absolute atomic E-state index is 0.172. The fourth-order valence-electron chi connectivity index (χ4n) is 2.59. The van der Waals surface area contributed by atoms with Gasteiger partial charge < -0.3 is 9.42 Å². The Kier molecular flexibility index (Phi) is 4.73. The molecule has 0 spiro atoms. The number of carbonyl (C=O) groups excluding carboxylic acids is 1. The highest BCUT2D eigenvalue weighted by atomic mass is 35.5. The smallest absolute Gasteiger partial charge is 0.227 e. The number of piperidine rings is 1.